The lowest BCUT2D eigenvalue weighted by Crippen LogP contribution is -2.65. The van der Waals surface area contributed by atoms with E-state index in [-0.39, 0.29) is 42.4 Å². The highest BCUT2D eigenvalue weighted by atomic mass is 32.2. The summed E-state index contributed by atoms with van der Waals surface area (Å²) in [4.78, 5) is 34.8. The monoisotopic (exact) mass is 762 g/mol. The van der Waals surface area contributed by atoms with Crippen LogP contribution in [0.3, 0.4) is 0 Å². The van der Waals surface area contributed by atoms with Gasteiger partial charge in [0.05, 0.1) is 54.8 Å². The van der Waals surface area contributed by atoms with Crippen molar-refractivity contribution in [2.24, 2.45) is 39.0 Å². The minimum absolute atomic E-state index is 0.00969. The van der Waals surface area contributed by atoms with Gasteiger partial charge in [0.15, 0.2) is 18.7 Å². The van der Waals surface area contributed by atoms with Gasteiger partial charge in [-0.2, -0.15) is 0 Å². The highest BCUT2D eigenvalue weighted by Crippen LogP contribution is 2.41. The molecule has 2 aliphatic heterocycles. The number of carbonyl (C=O) groups excluding carboxylic acids is 2. The molecule has 1 aromatic rings. The minimum Gasteiger partial charge on any atom is -0.458 e. The molecule has 3 fully saturated rings. The van der Waals surface area contributed by atoms with E-state index in [1.807, 2.05) is 27.7 Å². The zero-order valence-electron chi connectivity index (χ0n) is 30.5. The lowest BCUT2D eigenvalue weighted by molar-refractivity contribution is -0.301. The van der Waals surface area contributed by atoms with Gasteiger partial charge in [0, 0.05) is 27.6 Å². The molecule has 20 nitrogen and oxygen atoms in total. The number of sulfonamides is 1. The fourth-order valence-corrected chi connectivity index (χ4v) is 8.00. The van der Waals surface area contributed by atoms with E-state index in [0.29, 0.717) is 0 Å². The Bertz CT molecular complexity index is 1700. The second kappa shape index (κ2) is 18.2. The van der Waals surface area contributed by atoms with E-state index in [0.717, 1.165) is 13.2 Å². The average molecular weight is 763 g/mol. The molecule has 0 bridgehead atoms. The molecule has 3 aliphatic rings. The van der Waals surface area contributed by atoms with Crippen LogP contribution < -0.4 is 4.72 Å². The molecule has 53 heavy (non-hydrogen) atoms. The number of hydrogen-bond donors (Lipinski definition) is 1. The van der Waals surface area contributed by atoms with Gasteiger partial charge in [0.25, 0.3) is 0 Å². The Hall–Kier alpha value is -4.16. The second-order valence-corrected chi connectivity index (χ2v) is 15.7. The van der Waals surface area contributed by atoms with Gasteiger partial charge in [-0.3, -0.25) is 4.79 Å². The smallest absolute Gasteiger partial charge is 0.338 e. The molecular formula is C32H46N10O10S. The first-order valence-electron chi connectivity index (χ1n) is 17.2. The van der Waals surface area contributed by atoms with Crippen molar-refractivity contribution in [3.05, 3.63) is 67.2 Å². The summed E-state index contributed by atoms with van der Waals surface area (Å²) in [6.07, 6.45) is -8.54. The number of hydrogen-bond acceptors (Lipinski definition) is 13. The summed E-state index contributed by atoms with van der Waals surface area (Å²) in [6.45, 7) is 10.5. The van der Waals surface area contributed by atoms with Crippen LogP contribution in [0.5, 0.6) is 0 Å². The molecule has 5 unspecified atom stereocenters. The van der Waals surface area contributed by atoms with Crippen molar-refractivity contribution < 1.29 is 46.4 Å². The summed E-state index contributed by atoms with van der Waals surface area (Å²) in [7, 11) is -3.96. The Labute approximate surface area is 307 Å². The first-order chi connectivity index (χ1) is 25.1. The molecule has 21 heteroatoms. The molecule has 0 amide bonds. The third kappa shape index (κ3) is 10.3. The van der Waals surface area contributed by atoms with Gasteiger partial charge in [0.1, 0.15) is 12.2 Å². The molecule has 1 aromatic carbocycles. The van der Waals surface area contributed by atoms with Crippen molar-refractivity contribution in [2.45, 2.75) is 115 Å². The van der Waals surface area contributed by atoms with Gasteiger partial charge >= 0.3 is 11.9 Å². The fourth-order valence-electron chi connectivity index (χ4n) is 7.22. The molecule has 1 saturated carbocycles. The van der Waals surface area contributed by atoms with Gasteiger partial charge in [0.2, 0.25) is 10.0 Å². The predicted molar refractivity (Wildman–Crippen MR) is 187 cm³/mol. The number of carbonyl (C=O) groups is 2. The van der Waals surface area contributed by atoms with E-state index >= 15 is 0 Å². The van der Waals surface area contributed by atoms with Gasteiger partial charge < -0.3 is 28.4 Å². The first kappa shape index (κ1) is 41.6. The summed E-state index contributed by atoms with van der Waals surface area (Å²) in [5.41, 5.74) is 28.5. The lowest BCUT2D eigenvalue weighted by Gasteiger charge is -2.49. The maximum atomic E-state index is 13.3. The molecule has 1 N–H and O–H groups in total. The zero-order valence-corrected chi connectivity index (χ0v) is 31.3. The zero-order chi connectivity index (χ0) is 39.0. The molecule has 2 heterocycles. The minimum atomic E-state index is -3.96. The molecule has 14 atom stereocenters. The van der Waals surface area contributed by atoms with E-state index in [1.54, 1.807) is 37.3 Å². The summed E-state index contributed by atoms with van der Waals surface area (Å²) in [5, 5.41) is 11.6. The van der Waals surface area contributed by atoms with E-state index in [9.17, 15) is 29.1 Å². The third-order valence-electron chi connectivity index (χ3n) is 9.93. The topological polar surface area (TPSA) is 282 Å². The summed E-state index contributed by atoms with van der Waals surface area (Å²) < 4.78 is 65.1. The molecule has 290 valence electrons. The maximum absolute atomic E-state index is 13.3. The van der Waals surface area contributed by atoms with Crippen LogP contribution in [0.4, 0.5) is 0 Å². The molecule has 0 radical (unpaired) electrons. The maximum Gasteiger partial charge on any atom is 0.338 e. The van der Waals surface area contributed by atoms with Gasteiger partial charge in [-0.05, 0) is 52.9 Å². The molecule has 1 aliphatic carbocycles. The highest BCUT2D eigenvalue weighted by molar-refractivity contribution is 7.88. The average Bonchev–Trinajstić information content (AvgIpc) is 3.38. The molecule has 4 rings (SSSR count). The van der Waals surface area contributed by atoms with E-state index in [1.165, 1.54) is 0 Å². The fraction of sp³-hybridized carbons (Fsp3) is 0.750. The van der Waals surface area contributed by atoms with Crippen molar-refractivity contribution in [3.8, 4) is 0 Å². The Morgan fingerprint density at radius 2 is 1.55 bits per heavy atom. The van der Waals surface area contributed by atoms with E-state index in [4.69, 9.17) is 34.0 Å². The van der Waals surface area contributed by atoms with Crippen molar-refractivity contribution in [1.29, 1.82) is 0 Å². The van der Waals surface area contributed by atoms with Crippen molar-refractivity contribution in [1.82, 2.24) is 4.72 Å². The van der Waals surface area contributed by atoms with Crippen LogP contribution in [-0.2, 0) is 43.2 Å². The van der Waals surface area contributed by atoms with Crippen LogP contribution in [0.1, 0.15) is 58.3 Å². The number of ether oxygens (including phenoxy) is 6. The van der Waals surface area contributed by atoms with Crippen LogP contribution in [0.2, 0.25) is 0 Å². The van der Waals surface area contributed by atoms with Crippen LogP contribution in [0, 0.1) is 23.7 Å². The van der Waals surface area contributed by atoms with Crippen LogP contribution in [0.25, 0.3) is 31.3 Å². The number of benzene rings is 1. The molecule has 0 spiro atoms. The number of nitrogens with one attached hydrogen (secondary N) is 1. The number of rotatable bonds is 14. The van der Waals surface area contributed by atoms with Gasteiger partial charge in [-0.15, -0.1) is 0 Å². The first-order valence-corrected chi connectivity index (χ1v) is 19.1. The van der Waals surface area contributed by atoms with Gasteiger partial charge in [-0.25, -0.2) is 17.9 Å². The van der Waals surface area contributed by atoms with Crippen molar-refractivity contribution in [2.75, 3.05) is 12.8 Å². The predicted octanol–water partition coefficient (Wildman–Crippen LogP) is 4.92. The highest BCUT2D eigenvalue weighted by Gasteiger charge is 2.55. The normalized spacial score (nSPS) is 35.6. The largest absolute Gasteiger partial charge is 0.458 e. The summed E-state index contributed by atoms with van der Waals surface area (Å²) >= 11 is 0. The number of esters is 2. The molecular weight excluding hydrogens is 716 g/mol. The molecule has 2 saturated heterocycles. The number of nitrogens with zero attached hydrogens (tertiary/aromatic N) is 9. The van der Waals surface area contributed by atoms with Gasteiger partial charge in [-0.1, -0.05) is 68.2 Å². The quantitative estimate of drug-likeness (QED) is 0.115. The van der Waals surface area contributed by atoms with E-state index in [2.05, 4.69) is 34.8 Å². The Kier molecular flexibility index (Phi) is 14.3. The Morgan fingerprint density at radius 3 is 2.13 bits per heavy atom. The number of azide groups is 3. The van der Waals surface area contributed by atoms with Crippen molar-refractivity contribution in [3.63, 3.8) is 0 Å². The van der Waals surface area contributed by atoms with Crippen LogP contribution in [0.15, 0.2) is 45.7 Å². The second-order valence-electron chi connectivity index (χ2n) is 14.0. The standard InChI is InChI=1S/C32H46N10O10S/c1-15(2)25-17(4)16(3)24(38-42-35)31(50-25)51-27-21(37-41-34)13-22(39-53(7,45)46)28(47-19(6)43)29(27)52-32-26(18(5)23(48-32)14-36-40-33)49-30(44)20-11-9-8-10-12-20/h8-12,15-18,21-29,31-32,39H,13-14H2,1-7H3/t16-,17-,18-,21?,22+,23+,24?,25?,26?,27+,28?,29-,31+,32-/m0/s1. The SMILES string of the molecule is CC(=O)OC1[C@@H](O[C@@H]2O[C@H](CN=[N+]=[N-])[C@H](C)C2OC(=O)c2ccccc2)[C@H](O[C@H]2OC(C(C)C)[C@@H](C)[C@H](C)C2N=[N+]=[N-])C(N=[N+]=[N-])C[C@H]1NS(C)(=O)=O. The van der Waals surface area contributed by atoms with Crippen molar-refractivity contribution >= 4 is 22.0 Å². The summed E-state index contributed by atoms with van der Waals surface area (Å²) in [5.74, 6) is -2.43. The van der Waals surface area contributed by atoms with E-state index < -0.39 is 89.1 Å². The van der Waals surface area contributed by atoms with Crippen LogP contribution >= 0.6 is 0 Å². The summed E-state index contributed by atoms with van der Waals surface area (Å²) in [6, 6.07) is 4.90. The molecule has 0 aromatic heterocycles. The Morgan fingerprint density at radius 1 is 0.887 bits per heavy atom. The third-order valence-corrected chi connectivity index (χ3v) is 10.7. The lowest BCUT2D eigenvalue weighted by atomic mass is 9.78. The Balaban J connectivity index is 1.84. The van der Waals surface area contributed by atoms with Crippen LogP contribution in [-0.4, -0.2) is 100 Å².